The van der Waals surface area contributed by atoms with Crippen LogP contribution in [0.5, 0.6) is 0 Å². The molecule has 4 rings (SSSR count). The van der Waals surface area contributed by atoms with Gasteiger partial charge in [0.2, 0.25) is 0 Å². The zero-order valence-electron chi connectivity index (χ0n) is 15.5. The molecule has 5 heteroatoms. The van der Waals surface area contributed by atoms with Crippen LogP contribution in [0.2, 0.25) is 0 Å². The maximum absolute atomic E-state index is 12.7. The summed E-state index contributed by atoms with van der Waals surface area (Å²) in [7, 11) is 2.24. The fraction of sp³-hybridized carbons (Fsp3) is 0.700. The molecule has 1 amide bonds. The van der Waals surface area contributed by atoms with E-state index in [4.69, 9.17) is 0 Å². The monoisotopic (exact) mass is 342 g/mol. The van der Waals surface area contributed by atoms with Crippen LogP contribution < -0.4 is 4.90 Å². The highest BCUT2D eigenvalue weighted by Crippen LogP contribution is 2.32. The molecule has 136 valence electrons. The molecule has 3 fully saturated rings. The Bertz CT molecular complexity index is 617. The number of carbonyl (C=O) groups excluding carboxylic acids is 1. The van der Waals surface area contributed by atoms with Crippen molar-refractivity contribution in [3.05, 3.63) is 23.9 Å². The van der Waals surface area contributed by atoms with E-state index in [1.165, 1.54) is 25.8 Å². The van der Waals surface area contributed by atoms with Gasteiger partial charge < -0.3 is 14.7 Å². The van der Waals surface area contributed by atoms with Gasteiger partial charge in [0, 0.05) is 38.4 Å². The number of carbonyl (C=O) groups is 1. The summed E-state index contributed by atoms with van der Waals surface area (Å²) in [5.41, 5.74) is 0.728. The number of rotatable bonds is 2. The molecule has 0 aliphatic carbocycles. The Labute approximate surface area is 151 Å². The largest absolute Gasteiger partial charge is 0.355 e. The van der Waals surface area contributed by atoms with Gasteiger partial charge in [0.15, 0.2) is 0 Å². The molecule has 0 bridgehead atoms. The molecule has 4 heterocycles. The number of amides is 1. The third kappa shape index (κ3) is 3.39. The number of pyridine rings is 1. The number of likely N-dealkylation sites (N-methyl/N-ethyl adjacent to an activating group) is 1. The topological polar surface area (TPSA) is 39.7 Å². The zero-order valence-corrected chi connectivity index (χ0v) is 15.5. The van der Waals surface area contributed by atoms with E-state index < -0.39 is 0 Å². The second-order valence-corrected chi connectivity index (χ2v) is 8.24. The van der Waals surface area contributed by atoms with Crippen molar-refractivity contribution in [2.75, 3.05) is 44.7 Å². The first-order valence-electron chi connectivity index (χ1n) is 9.82. The van der Waals surface area contributed by atoms with Crippen molar-refractivity contribution >= 4 is 11.7 Å². The lowest BCUT2D eigenvalue weighted by atomic mass is 9.92. The van der Waals surface area contributed by atoms with E-state index in [-0.39, 0.29) is 5.91 Å². The van der Waals surface area contributed by atoms with E-state index in [0.29, 0.717) is 12.0 Å². The molecule has 1 aromatic heterocycles. The molecule has 0 spiro atoms. The highest BCUT2D eigenvalue weighted by molar-refractivity contribution is 5.94. The molecule has 3 atom stereocenters. The van der Waals surface area contributed by atoms with Crippen LogP contribution in [0.3, 0.4) is 0 Å². The summed E-state index contributed by atoms with van der Waals surface area (Å²) in [5.74, 6) is 2.61. The highest BCUT2D eigenvalue weighted by Gasteiger charge is 2.36. The van der Waals surface area contributed by atoms with Gasteiger partial charge in [-0.25, -0.2) is 4.98 Å². The zero-order chi connectivity index (χ0) is 17.4. The maximum Gasteiger partial charge on any atom is 0.255 e. The fourth-order valence-corrected chi connectivity index (χ4v) is 4.82. The molecule has 1 aromatic rings. The Balaban J connectivity index is 1.42. The molecule has 3 aliphatic heterocycles. The first kappa shape index (κ1) is 16.8. The van der Waals surface area contributed by atoms with Crippen molar-refractivity contribution in [1.82, 2.24) is 14.8 Å². The number of anilines is 1. The minimum Gasteiger partial charge on any atom is -0.355 e. The summed E-state index contributed by atoms with van der Waals surface area (Å²) in [4.78, 5) is 24.2. The molecule has 0 radical (unpaired) electrons. The lowest BCUT2D eigenvalue weighted by molar-refractivity contribution is 0.0682. The van der Waals surface area contributed by atoms with Gasteiger partial charge in [-0.1, -0.05) is 6.92 Å². The third-order valence-electron chi connectivity index (χ3n) is 6.40. The van der Waals surface area contributed by atoms with Crippen LogP contribution in [0.15, 0.2) is 18.3 Å². The first-order chi connectivity index (χ1) is 12.1. The van der Waals surface area contributed by atoms with Gasteiger partial charge in [-0.2, -0.15) is 0 Å². The molecule has 0 saturated carbocycles. The van der Waals surface area contributed by atoms with Gasteiger partial charge in [-0.3, -0.25) is 4.79 Å². The van der Waals surface area contributed by atoms with Gasteiger partial charge in [0.05, 0.1) is 5.56 Å². The average Bonchev–Trinajstić information content (AvgIpc) is 3.02. The van der Waals surface area contributed by atoms with E-state index >= 15 is 0 Å². The van der Waals surface area contributed by atoms with Crippen LogP contribution in [0.1, 0.15) is 43.0 Å². The molecule has 3 aliphatic rings. The summed E-state index contributed by atoms with van der Waals surface area (Å²) in [5, 5.41) is 0. The van der Waals surface area contributed by atoms with E-state index in [9.17, 15) is 4.79 Å². The molecule has 25 heavy (non-hydrogen) atoms. The SMILES string of the molecule is CC1CCCN(C(=O)c2ccc(N3CC[C@@H]4CCN(C)[C@@H]4C3)nc2)C1. The molecule has 5 nitrogen and oxygen atoms in total. The van der Waals surface area contributed by atoms with Crippen LogP contribution in [0.25, 0.3) is 0 Å². The number of hydrogen-bond acceptors (Lipinski definition) is 4. The summed E-state index contributed by atoms with van der Waals surface area (Å²) < 4.78 is 0. The summed E-state index contributed by atoms with van der Waals surface area (Å²) >= 11 is 0. The van der Waals surface area contributed by atoms with E-state index in [1.54, 1.807) is 6.20 Å². The quantitative estimate of drug-likeness (QED) is 0.828. The maximum atomic E-state index is 12.7. The fourth-order valence-electron chi connectivity index (χ4n) is 4.82. The summed E-state index contributed by atoms with van der Waals surface area (Å²) in [6, 6.07) is 4.66. The van der Waals surface area contributed by atoms with Gasteiger partial charge in [-0.05, 0) is 63.2 Å². The van der Waals surface area contributed by atoms with Gasteiger partial charge >= 0.3 is 0 Å². The average molecular weight is 342 g/mol. The van der Waals surface area contributed by atoms with Gasteiger partial charge in [0.1, 0.15) is 5.82 Å². The van der Waals surface area contributed by atoms with Crippen LogP contribution in [0.4, 0.5) is 5.82 Å². The predicted molar refractivity (Wildman–Crippen MR) is 99.9 cm³/mol. The molecule has 0 N–H and O–H groups in total. The highest BCUT2D eigenvalue weighted by atomic mass is 16.2. The lowest BCUT2D eigenvalue weighted by Crippen LogP contribution is -2.47. The van der Waals surface area contributed by atoms with Crippen LogP contribution in [0, 0.1) is 11.8 Å². The molecule has 1 unspecified atom stereocenters. The Hall–Kier alpha value is -1.62. The summed E-state index contributed by atoms with van der Waals surface area (Å²) in [6.45, 7) is 7.35. The Morgan fingerprint density at radius 2 is 1.96 bits per heavy atom. The van der Waals surface area contributed by atoms with Crippen LogP contribution in [-0.4, -0.2) is 66.5 Å². The number of likely N-dealkylation sites (tertiary alicyclic amines) is 2. The number of hydrogen-bond donors (Lipinski definition) is 0. The molecular formula is C20H30N4O. The molecular weight excluding hydrogens is 312 g/mol. The molecule has 0 aromatic carbocycles. The number of nitrogens with zero attached hydrogens (tertiary/aromatic N) is 4. The van der Waals surface area contributed by atoms with Crippen LogP contribution in [-0.2, 0) is 0 Å². The predicted octanol–water partition coefficient (Wildman–Crippen LogP) is 2.48. The van der Waals surface area contributed by atoms with Crippen molar-refractivity contribution in [3.63, 3.8) is 0 Å². The lowest BCUT2D eigenvalue weighted by Gasteiger charge is -2.38. The normalized spacial score (nSPS) is 30.4. The minimum atomic E-state index is 0.139. The Kier molecular flexibility index (Phi) is 4.67. The summed E-state index contributed by atoms with van der Waals surface area (Å²) in [6.07, 6.45) is 6.71. The van der Waals surface area contributed by atoms with Crippen molar-refractivity contribution in [2.24, 2.45) is 11.8 Å². The third-order valence-corrected chi connectivity index (χ3v) is 6.40. The standard InChI is InChI=1S/C20H30N4O/c1-15-4-3-9-24(13-15)20(25)17-5-6-19(21-12-17)23-11-8-16-7-10-22(2)18(16)14-23/h5-6,12,15-16,18H,3-4,7-11,13-14H2,1-2H3/t15?,16-,18+/m0/s1. The second kappa shape index (κ2) is 6.94. The number of piperidine rings is 2. The van der Waals surface area contributed by atoms with Gasteiger partial charge in [-0.15, -0.1) is 0 Å². The Morgan fingerprint density at radius 1 is 1.12 bits per heavy atom. The van der Waals surface area contributed by atoms with E-state index in [1.807, 2.05) is 17.0 Å². The minimum absolute atomic E-state index is 0.139. The smallest absolute Gasteiger partial charge is 0.255 e. The van der Waals surface area contributed by atoms with Crippen molar-refractivity contribution in [3.8, 4) is 0 Å². The van der Waals surface area contributed by atoms with Crippen LogP contribution >= 0.6 is 0 Å². The van der Waals surface area contributed by atoms with Crippen molar-refractivity contribution in [2.45, 2.75) is 38.6 Å². The van der Waals surface area contributed by atoms with E-state index in [0.717, 1.165) is 49.9 Å². The van der Waals surface area contributed by atoms with Crippen molar-refractivity contribution in [1.29, 1.82) is 0 Å². The first-order valence-corrected chi connectivity index (χ1v) is 9.82. The van der Waals surface area contributed by atoms with E-state index in [2.05, 4.69) is 28.8 Å². The van der Waals surface area contributed by atoms with Crippen molar-refractivity contribution < 1.29 is 4.79 Å². The molecule has 3 saturated heterocycles. The Morgan fingerprint density at radius 3 is 2.72 bits per heavy atom. The second-order valence-electron chi connectivity index (χ2n) is 8.24. The van der Waals surface area contributed by atoms with Gasteiger partial charge in [0.25, 0.3) is 5.91 Å². The number of aromatic nitrogens is 1. The number of fused-ring (bicyclic) bond motifs is 1.